The summed E-state index contributed by atoms with van der Waals surface area (Å²) in [6.07, 6.45) is 0. The van der Waals surface area contributed by atoms with Crippen LogP contribution in [-0.4, -0.2) is 14.2 Å². The first-order valence-electron chi connectivity index (χ1n) is 6.33. The fourth-order valence-electron chi connectivity index (χ4n) is 1.72. The molecule has 0 bridgehead atoms. The van der Waals surface area contributed by atoms with Gasteiger partial charge in [-0.25, -0.2) is 8.42 Å². The maximum atomic E-state index is 12.2. The Morgan fingerprint density at radius 1 is 1.00 bits per heavy atom. The molecule has 0 unspecified atom stereocenters. The van der Waals surface area contributed by atoms with E-state index in [1.54, 1.807) is 48.2 Å². The summed E-state index contributed by atoms with van der Waals surface area (Å²) in [6, 6.07) is 14.2. The van der Waals surface area contributed by atoms with Crippen molar-refractivity contribution in [2.75, 3.05) is 10.5 Å². The first-order valence-corrected chi connectivity index (χ1v) is 8.80. The molecule has 5 heteroatoms. The van der Waals surface area contributed by atoms with Crippen LogP contribution in [0.3, 0.4) is 0 Å². The van der Waals surface area contributed by atoms with E-state index in [1.165, 1.54) is 0 Å². The van der Waals surface area contributed by atoms with Crippen molar-refractivity contribution in [2.45, 2.75) is 23.6 Å². The number of aryl methyl sites for hydroxylation is 1. The molecule has 0 saturated heterocycles. The lowest BCUT2D eigenvalue weighted by Crippen LogP contribution is -2.12. The highest BCUT2D eigenvalue weighted by molar-refractivity contribution is 7.99. The van der Waals surface area contributed by atoms with Gasteiger partial charge in [-0.3, -0.25) is 4.72 Å². The first kappa shape index (κ1) is 14.9. The molecule has 0 amide bonds. The van der Waals surface area contributed by atoms with Crippen molar-refractivity contribution in [3.63, 3.8) is 0 Å². The van der Waals surface area contributed by atoms with E-state index in [1.807, 2.05) is 19.1 Å². The fourth-order valence-corrected chi connectivity index (χ4v) is 3.44. The highest BCUT2D eigenvalue weighted by Crippen LogP contribution is 2.21. The molecule has 0 aliphatic heterocycles. The van der Waals surface area contributed by atoms with Gasteiger partial charge in [-0.1, -0.05) is 24.6 Å². The Bertz CT molecular complexity index is 662. The normalized spacial score (nSPS) is 11.3. The first-order chi connectivity index (χ1) is 9.51. The van der Waals surface area contributed by atoms with E-state index in [-0.39, 0.29) is 4.90 Å². The van der Waals surface area contributed by atoms with Gasteiger partial charge in [-0.15, -0.1) is 11.8 Å². The van der Waals surface area contributed by atoms with E-state index < -0.39 is 10.0 Å². The predicted octanol–water partition coefficient (Wildman–Crippen LogP) is 3.91. The SMILES string of the molecule is CCSc1ccc(NS(=O)(=O)c2ccc(C)cc2)cc1. The quantitative estimate of drug-likeness (QED) is 0.852. The fraction of sp³-hybridized carbons (Fsp3) is 0.200. The van der Waals surface area contributed by atoms with Crippen molar-refractivity contribution in [3.8, 4) is 0 Å². The molecule has 106 valence electrons. The molecule has 2 rings (SSSR count). The number of benzene rings is 2. The highest BCUT2D eigenvalue weighted by Gasteiger charge is 2.13. The molecule has 0 fully saturated rings. The summed E-state index contributed by atoms with van der Waals surface area (Å²) in [5, 5.41) is 0. The molecule has 1 N–H and O–H groups in total. The van der Waals surface area contributed by atoms with Gasteiger partial charge < -0.3 is 0 Å². The van der Waals surface area contributed by atoms with Gasteiger partial charge in [0.25, 0.3) is 10.0 Å². The van der Waals surface area contributed by atoms with Gasteiger partial charge in [-0.2, -0.15) is 0 Å². The minimum atomic E-state index is -3.51. The van der Waals surface area contributed by atoms with Gasteiger partial charge in [0.15, 0.2) is 0 Å². The second-order valence-electron chi connectivity index (χ2n) is 4.38. The molecule has 0 aliphatic rings. The summed E-state index contributed by atoms with van der Waals surface area (Å²) in [5.41, 5.74) is 1.61. The Morgan fingerprint density at radius 3 is 2.15 bits per heavy atom. The van der Waals surface area contributed by atoms with Crippen molar-refractivity contribution >= 4 is 27.5 Å². The second kappa shape index (κ2) is 6.33. The smallest absolute Gasteiger partial charge is 0.261 e. The molecule has 0 radical (unpaired) electrons. The van der Waals surface area contributed by atoms with E-state index >= 15 is 0 Å². The Balaban J connectivity index is 2.17. The summed E-state index contributed by atoms with van der Waals surface area (Å²) < 4.78 is 27.0. The maximum absolute atomic E-state index is 12.2. The number of nitrogens with one attached hydrogen (secondary N) is 1. The van der Waals surface area contributed by atoms with Crippen LogP contribution in [0.2, 0.25) is 0 Å². The molecular formula is C15H17NO2S2. The van der Waals surface area contributed by atoms with Crippen molar-refractivity contribution in [1.29, 1.82) is 0 Å². The van der Waals surface area contributed by atoms with Crippen molar-refractivity contribution in [3.05, 3.63) is 54.1 Å². The lowest BCUT2D eigenvalue weighted by Gasteiger charge is -2.09. The molecule has 0 saturated carbocycles. The third-order valence-electron chi connectivity index (χ3n) is 2.75. The Labute approximate surface area is 124 Å². The Morgan fingerprint density at radius 2 is 1.60 bits per heavy atom. The van der Waals surface area contributed by atoms with Gasteiger partial charge in [0, 0.05) is 10.6 Å². The van der Waals surface area contributed by atoms with Gasteiger partial charge >= 0.3 is 0 Å². The van der Waals surface area contributed by atoms with Crippen LogP contribution < -0.4 is 4.72 Å². The molecule has 2 aromatic rings. The highest BCUT2D eigenvalue weighted by atomic mass is 32.2. The Hall–Kier alpha value is -1.46. The summed E-state index contributed by atoms with van der Waals surface area (Å²) in [7, 11) is -3.51. The van der Waals surface area contributed by atoms with E-state index in [4.69, 9.17) is 0 Å². The zero-order chi connectivity index (χ0) is 14.6. The number of anilines is 1. The number of rotatable bonds is 5. The molecule has 0 aromatic heterocycles. The average Bonchev–Trinajstić information content (AvgIpc) is 2.41. The van der Waals surface area contributed by atoms with E-state index in [9.17, 15) is 8.42 Å². The monoisotopic (exact) mass is 307 g/mol. The summed E-state index contributed by atoms with van der Waals surface area (Å²) >= 11 is 1.72. The molecule has 0 atom stereocenters. The van der Waals surface area contributed by atoms with Crippen LogP contribution in [0.5, 0.6) is 0 Å². The molecular weight excluding hydrogens is 290 g/mol. The van der Waals surface area contributed by atoms with Crippen LogP contribution in [0.15, 0.2) is 58.3 Å². The maximum Gasteiger partial charge on any atom is 0.261 e. The minimum absolute atomic E-state index is 0.273. The van der Waals surface area contributed by atoms with E-state index in [2.05, 4.69) is 11.6 Å². The van der Waals surface area contributed by atoms with E-state index in [0.717, 1.165) is 16.2 Å². The standard InChI is InChI=1S/C15H17NO2S2/c1-3-19-14-8-6-13(7-9-14)16-20(17,18)15-10-4-12(2)5-11-15/h4-11,16H,3H2,1-2H3. The average molecular weight is 307 g/mol. The van der Waals surface area contributed by atoms with Crippen molar-refractivity contribution < 1.29 is 8.42 Å². The van der Waals surface area contributed by atoms with Crippen LogP contribution >= 0.6 is 11.8 Å². The summed E-state index contributed by atoms with van der Waals surface area (Å²) in [6.45, 7) is 4.01. The van der Waals surface area contributed by atoms with Crippen LogP contribution in [0, 0.1) is 6.92 Å². The van der Waals surface area contributed by atoms with Gasteiger partial charge in [0.1, 0.15) is 0 Å². The third kappa shape index (κ3) is 3.77. The number of thioether (sulfide) groups is 1. The lowest BCUT2D eigenvalue weighted by molar-refractivity contribution is 0.601. The zero-order valence-electron chi connectivity index (χ0n) is 11.5. The molecule has 0 aliphatic carbocycles. The van der Waals surface area contributed by atoms with Crippen LogP contribution in [0.1, 0.15) is 12.5 Å². The Kier molecular flexibility index (Phi) is 4.73. The van der Waals surface area contributed by atoms with Gasteiger partial charge in [0.05, 0.1) is 4.90 Å². The lowest BCUT2D eigenvalue weighted by atomic mass is 10.2. The molecule has 20 heavy (non-hydrogen) atoms. The molecule has 0 heterocycles. The van der Waals surface area contributed by atoms with Crippen molar-refractivity contribution in [1.82, 2.24) is 0 Å². The van der Waals surface area contributed by atoms with Gasteiger partial charge in [-0.05, 0) is 49.1 Å². The zero-order valence-corrected chi connectivity index (χ0v) is 13.1. The van der Waals surface area contributed by atoms with Gasteiger partial charge in [0.2, 0.25) is 0 Å². The molecule has 2 aromatic carbocycles. The van der Waals surface area contributed by atoms with Crippen LogP contribution in [0.25, 0.3) is 0 Å². The van der Waals surface area contributed by atoms with Crippen molar-refractivity contribution in [2.24, 2.45) is 0 Å². The minimum Gasteiger partial charge on any atom is -0.280 e. The summed E-state index contributed by atoms with van der Waals surface area (Å²) in [5.74, 6) is 0.994. The number of sulfonamides is 1. The topological polar surface area (TPSA) is 46.2 Å². The van der Waals surface area contributed by atoms with Crippen LogP contribution in [-0.2, 0) is 10.0 Å². The largest absolute Gasteiger partial charge is 0.280 e. The number of hydrogen-bond donors (Lipinski definition) is 1. The third-order valence-corrected chi connectivity index (χ3v) is 5.04. The summed E-state index contributed by atoms with van der Waals surface area (Å²) in [4.78, 5) is 1.40. The second-order valence-corrected chi connectivity index (χ2v) is 7.40. The molecule has 3 nitrogen and oxygen atoms in total. The molecule has 0 spiro atoms. The van der Waals surface area contributed by atoms with E-state index in [0.29, 0.717) is 5.69 Å². The number of hydrogen-bond acceptors (Lipinski definition) is 3. The predicted molar refractivity (Wildman–Crippen MR) is 84.8 cm³/mol. The van der Waals surface area contributed by atoms with Crippen LogP contribution in [0.4, 0.5) is 5.69 Å².